The smallest absolute Gasteiger partial charge is 0.417 e. The first-order valence-corrected chi connectivity index (χ1v) is 5.00. The molecule has 1 nitrogen and oxygen atoms in total. The van der Waals surface area contributed by atoms with E-state index in [1.54, 1.807) is 0 Å². The van der Waals surface area contributed by atoms with Gasteiger partial charge in [0.25, 0.3) is 0 Å². The lowest BCUT2D eigenvalue weighted by Gasteiger charge is -2.14. The predicted molar refractivity (Wildman–Crippen MR) is 54.1 cm³/mol. The van der Waals surface area contributed by atoms with Crippen LogP contribution in [0.25, 0.3) is 11.1 Å². The summed E-state index contributed by atoms with van der Waals surface area (Å²) in [6, 6.07) is 2.47. The van der Waals surface area contributed by atoms with Crippen LogP contribution in [0.1, 0.15) is 11.1 Å². The van der Waals surface area contributed by atoms with Crippen LogP contribution in [0.2, 0.25) is 0 Å². The fourth-order valence-corrected chi connectivity index (χ4v) is 1.62. The molecule has 0 fully saturated rings. The summed E-state index contributed by atoms with van der Waals surface area (Å²) in [4.78, 5) is 0. The predicted octanol–water partition coefficient (Wildman–Crippen LogP) is 4.98. The van der Waals surface area contributed by atoms with Crippen molar-refractivity contribution >= 4 is 0 Å². The van der Waals surface area contributed by atoms with Crippen LogP contribution in [0.15, 0.2) is 41.2 Å². The van der Waals surface area contributed by atoms with Crippen LogP contribution < -0.4 is 0 Å². The van der Waals surface area contributed by atoms with Crippen LogP contribution in [0.5, 0.6) is 0 Å². The molecule has 0 unspecified atom stereocenters. The monoisotopic (exact) mass is 280 g/mol. The molecule has 0 aliphatic rings. The van der Waals surface area contributed by atoms with Gasteiger partial charge >= 0.3 is 12.4 Å². The molecule has 0 aliphatic heterocycles. The van der Waals surface area contributed by atoms with Crippen LogP contribution in [0.4, 0.5) is 26.3 Å². The Labute approximate surface area is 103 Å². The number of rotatable bonds is 1. The molecule has 0 N–H and O–H groups in total. The summed E-state index contributed by atoms with van der Waals surface area (Å²) >= 11 is 0. The Hall–Kier alpha value is -1.92. The van der Waals surface area contributed by atoms with Crippen molar-refractivity contribution in [1.29, 1.82) is 0 Å². The molecule has 7 heteroatoms. The third-order valence-electron chi connectivity index (χ3n) is 2.48. The largest absolute Gasteiger partial charge is 0.472 e. The molecule has 0 aliphatic carbocycles. The third-order valence-corrected chi connectivity index (χ3v) is 2.48. The van der Waals surface area contributed by atoms with E-state index < -0.39 is 29.0 Å². The lowest BCUT2D eigenvalue weighted by molar-refractivity contribution is -0.141. The fraction of sp³-hybridized carbons (Fsp3) is 0.167. The maximum Gasteiger partial charge on any atom is 0.417 e. The molecule has 0 saturated carbocycles. The zero-order valence-corrected chi connectivity index (χ0v) is 9.14. The van der Waals surface area contributed by atoms with Crippen LogP contribution in [-0.4, -0.2) is 0 Å². The Kier molecular flexibility index (Phi) is 3.07. The molecule has 1 aromatic carbocycles. The van der Waals surface area contributed by atoms with Gasteiger partial charge in [-0.2, -0.15) is 26.3 Å². The zero-order chi connectivity index (χ0) is 14.3. The van der Waals surface area contributed by atoms with Gasteiger partial charge < -0.3 is 4.42 Å². The van der Waals surface area contributed by atoms with Crippen LogP contribution in [-0.2, 0) is 12.4 Å². The first-order chi connectivity index (χ1) is 8.69. The quantitative estimate of drug-likeness (QED) is 0.671. The summed E-state index contributed by atoms with van der Waals surface area (Å²) in [5.74, 6) is 0. The van der Waals surface area contributed by atoms with E-state index in [0.717, 1.165) is 12.5 Å². The molecular formula is C12H6F6O. The van der Waals surface area contributed by atoms with Gasteiger partial charge in [-0.05, 0) is 29.8 Å². The van der Waals surface area contributed by atoms with Gasteiger partial charge in [-0.25, -0.2) is 0 Å². The highest BCUT2D eigenvalue weighted by Gasteiger charge is 2.37. The standard InChI is InChI=1S/C12H6F6O/c13-11(14,15)8-1-2-10(12(16,17)18)9(5-8)7-3-4-19-6-7/h1-6H. The summed E-state index contributed by atoms with van der Waals surface area (Å²) in [6.45, 7) is 0. The van der Waals surface area contributed by atoms with E-state index in [2.05, 4.69) is 4.42 Å². The second kappa shape index (κ2) is 4.32. The highest BCUT2D eigenvalue weighted by atomic mass is 19.4. The lowest BCUT2D eigenvalue weighted by atomic mass is 9.98. The van der Waals surface area contributed by atoms with Gasteiger partial charge in [0.15, 0.2) is 0 Å². The summed E-state index contributed by atoms with van der Waals surface area (Å²) in [7, 11) is 0. The van der Waals surface area contributed by atoms with Crippen molar-refractivity contribution in [2.24, 2.45) is 0 Å². The Bertz CT molecular complexity index is 565. The minimum atomic E-state index is -4.74. The molecule has 0 atom stereocenters. The van der Waals surface area contributed by atoms with E-state index >= 15 is 0 Å². The second-order valence-corrected chi connectivity index (χ2v) is 3.77. The molecule has 0 radical (unpaired) electrons. The van der Waals surface area contributed by atoms with E-state index in [4.69, 9.17) is 0 Å². The molecule has 102 valence electrons. The molecule has 0 saturated heterocycles. The molecule has 0 spiro atoms. The second-order valence-electron chi connectivity index (χ2n) is 3.77. The highest BCUT2D eigenvalue weighted by Crippen LogP contribution is 2.40. The summed E-state index contributed by atoms with van der Waals surface area (Å²) < 4.78 is 80.5. The van der Waals surface area contributed by atoms with E-state index in [9.17, 15) is 26.3 Å². The molecular weight excluding hydrogens is 274 g/mol. The number of halogens is 6. The van der Waals surface area contributed by atoms with Gasteiger partial charge in [0.1, 0.15) is 0 Å². The summed E-state index contributed by atoms with van der Waals surface area (Å²) in [5.41, 5.74) is -2.90. The van der Waals surface area contributed by atoms with Crippen molar-refractivity contribution in [1.82, 2.24) is 0 Å². The van der Waals surface area contributed by atoms with E-state index in [1.165, 1.54) is 6.07 Å². The summed E-state index contributed by atoms with van der Waals surface area (Å²) in [6.07, 6.45) is -7.39. The first kappa shape index (κ1) is 13.5. The third kappa shape index (κ3) is 2.74. The number of hydrogen-bond acceptors (Lipinski definition) is 1. The Morgan fingerprint density at radius 3 is 2.00 bits per heavy atom. The molecule has 0 amide bonds. The van der Waals surface area contributed by atoms with E-state index in [-0.39, 0.29) is 5.56 Å². The minimum absolute atomic E-state index is 0.0570. The molecule has 2 rings (SSSR count). The zero-order valence-electron chi connectivity index (χ0n) is 9.14. The number of alkyl halides is 6. The minimum Gasteiger partial charge on any atom is -0.472 e. The first-order valence-electron chi connectivity index (χ1n) is 5.00. The summed E-state index contributed by atoms with van der Waals surface area (Å²) in [5, 5.41) is 0. The number of benzene rings is 1. The Balaban J connectivity index is 2.65. The average molecular weight is 280 g/mol. The SMILES string of the molecule is FC(F)(F)c1ccc(C(F)(F)F)c(-c2ccoc2)c1. The topological polar surface area (TPSA) is 13.1 Å². The average Bonchev–Trinajstić information content (AvgIpc) is 2.79. The molecule has 1 aromatic heterocycles. The van der Waals surface area contributed by atoms with Crippen molar-refractivity contribution in [2.45, 2.75) is 12.4 Å². The maximum absolute atomic E-state index is 12.8. The normalized spacial score (nSPS) is 12.7. The van der Waals surface area contributed by atoms with Crippen LogP contribution in [0, 0.1) is 0 Å². The molecule has 2 aromatic rings. The van der Waals surface area contributed by atoms with Crippen molar-refractivity contribution in [3.05, 3.63) is 47.9 Å². The number of furan rings is 1. The molecule has 1 heterocycles. The van der Waals surface area contributed by atoms with Crippen molar-refractivity contribution in [2.75, 3.05) is 0 Å². The fourth-order valence-electron chi connectivity index (χ4n) is 1.62. The van der Waals surface area contributed by atoms with Crippen molar-refractivity contribution in [3.63, 3.8) is 0 Å². The van der Waals surface area contributed by atoms with E-state index in [0.29, 0.717) is 18.2 Å². The Morgan fingerprint density at radius 1 is 0.842 bits per heavy atom. The van der Waals surface area contributed by atoms with Gasteiger partial charge in [0.05, 0.1) is 23.7 Å². The van der Waals surface area contributed by atoms with Gasteiger partial charge in [0.2, 0.25) is 0 Å². The van der Waals surface area contributed by atoms with Crippen LogP contribution in [0.3, 0.4) is 0 Å². The lowest BCUT2D eigenvalue weighted by Crippen LogP contribution is -2.10. The maximum atomic E-state index is 12.8. The van der Waals surface area contributed by atoms with Crippen molar-refractivity contribution < 1.29 is 30.8 Å². The van der Waals surface area contributed by atoms with Crippen molar-refractivity contribution in [3.8, 4) is 11.1 Å². The van der Waals surface area contributed by atoms with E-state index in [1.807, 2.05) is 0 Å². The van der Waals surface area contributed by atoms with Gasteiger partial charge in [-0.3, -0.25) is 0 Å². The highest BCUT2D eigenvalue weighted by molar-refractivity contribution is 5.68. The number of hydrogen-bond donors (Lipinski definition) is 0. The molecule has 0 bridgehead atoms. The van der Waals surface area contributed by atoms with Gasteiger partial charge in [-0.15, -0.1) is 0 Å². The Morgan fingerprint density at radius 2 is 1.53 bits per heavy atom. The molecule has 19 heavy (non-hydrogen) atoms. The van der Waals surface area contributed by atoms with Gasteiger partial charge in [0, 0.05) is 5.56 Å². The van der Waals surface area contributed by atoms with Gasteiger partial charge in [-0.1, -0.05) is 0 Å². The van der Waals surface area contributed by atoms with Crippen LogP contribution >= 0.6 is 0 Å².